The van der Waals surface area contributed by atoms with Crippen molar-refractivity contribution >= 4 is 29.1 Å². The van der Waals surface area contributed by atoms with E-state index < -0.39 is 11.3 Å². The summed E-state index contributed by atoms with van der Waals surface area (Å²) in [7, 11) is 0. The van der Waals surface area contributed by atoms with Gasteiger partial charge in [-0.25, -0.2) is 0 Å². The predicted molar refractivity (Wildman–Crippen MR) is 81.6 cm³/mol. The van der Waals surface area contributed by atoms with Crippen LogP contribution in [0.2, 0.25) is 10.0 Å². The van der Waals surface area contributed by atoms with Crippen LogP contribution in [0.5, 0.6) is 0 Å². The highest BCUT2D eigenvalue weighted by Crippen LogP contribution is 2.29. The van der Waals surface area contributed by atoms with Gasteiger partial charge in [0.2, 0.25) is 5.91 Å². The third-order valence-electron chi connectivity index (χ3n) is 3.05. The van der Waals surface area contributed by atoms with Gasteiger partial charge in [-0.15, -0.1) is 0 Å². The minimum atomic E-state index is -0.712. The number of rotatable bonds is 3. The fourth-order valence-electron chi connectivity index (χ4n) is 1.87. The molecule has 0 saturated heterocycles. The van der Waals surface area contributed by atoms with Crippen LogP contribution in [0.1, 0.15) is 39.3 Å². The van der Waals surface area contributed by atoms with Gasteiger partial charge in [-0.3, -0.25) is 4.79 Å². The van der Waals surface area contributed by atoms with E-state index in [1.807, 2.05) is 27.7 Å². The van der Waals surface area contributed by atoms with Crippen molar-refractivity contribution in [2.24, 2.45) is 11.3 Å². The molecule has 20 heavy (non-hydrogen) atoms. The lowest BCUT2D eigenvalue weighted by Gasteiger charge is -2.25. The van der Waals surface area contributed by atoms with E-state index in [-0.39, 0.29) is 11.9 Å². The molecule has 0 bridgehead atoms. The third-order valence-corrected chi connectivity index (χ3v) is 3.61. The molecule has 0 saturated carbocycles. The maximum absolute atomic E-state index is 12.2. The quantitative estimate of drug-likeness (QED) is 0.901. The molecule has 0 spiro atoms. The third kappa shape index (κ3) is 4.13. The standard InChI is InChI=1S/C15H18Cl2N2O/c1-9(11-6-5-10(16)7-13(11)17)19-14(20)12(8-18)15(2,3)4/h5-7,9,12H,1-4H3,(H,19,20)/t9?,12-/m0/s1. The number of nitrogens with one attached hydrogen (secondary N) is 1. The van der Waals surface area contributed by atoms with Crippen LogP contribution in [0.25, 0.3) is 0 Å². The second-order valence-corrected chi connectivity index (χ2v) is 6.67. The highest BCUT2D eigenvalue weighted by molar-refractivity contribution is 6.35. The van der Waals surface area contributed by atoms with Gasteiger partial charge in [0, 0.05) is 10.0 Å². The fourth-order valence-corrected chi connectivity index (χ4v) is 2.44. The summed E-state index contributed by atoms with van der Waals surface area (Å²) in [5, 5.41) is 13.0. The van der Waals surface area contributed by atoms with E-state index in [1.165, 1.54) is 0 Å². The van der Waals surface area contributed by atoms with E-state index >= 15 is 0 Å². The van der Waals surface area contributed by atoms with E-state index in [9.17, 15) is 4.79 Å². The van der Waals surface area contributed by atoms with Crippen LogP contribution >= 0.6 is 23.2 Å². The summed E-state index contributed by atoms with van der Waals surface area (Å²) in [6, 6.07) is 6.89. The van der Waals surface area contributed by atoms with Crippen LogP contribution in [0, 0.1) is 22.7 Å². The van der Waals surface area contributed by atoms with Crippen LogP contribution in [-0.2, 0) is 4.79 Å². The van der Waals surface area contributed by atoms with Gasteiger partial charge in [-0.2, -0.15) is 5.26 Å². The first-order chi connectivity index (χ1) is 9.16. The molecular weight excluding hydrogens is 295 g/mol. The highest BCUT2D eigenvalue weighted by Gasteiger charge is 2.32. The van der Waals surface area contributed by atoms with Crippen molar-refractivity contribution < 1.29 is 4.79 Å². The Balaban J connectivity index is 2.88. The largest absolute Gasteiger partial charge is 0.348 e. The molecule has 0 aliphatic rings. The van der Waals surface area contributed by atoms with E-state index in [0.29, 0.717) is 10.0 Å². The molecule has 0 fully saturated rings. The van der Waals surface area contributed by atoms with Gasteiger partial charge >= 0.3 is 0 Å². The lowest BCUT2D eigenvalue weighted by molar-refractivity contribution is -0.126. The normalized spacial score (nSPS) is 14.2. The van der Waals surface area contributed by atoms with Crippen LogP contribution in [0.4, 0.5) is 0 Å². The number of hydrogen-bond acceptors (Lipinski definition) is 2. The minimum absolute atomic E-state index is 0.287. The van der Waals surface area contributed by atoms with Gasteiger partial charge < -0.3 is 5.32 Å². The van der Waals surface area contributed by atoms with Crippen LogP contribution in [0.3, 0.4) is 0 Å². The molecule has 0 heterocycles. The Kier molecular flexibility index (Phi) is 5.44. The summed E-state index contributed by atoms with van der Waals surface area (Å²) in [4.78, 5) is 12.2. The van der Waals surface area contributed by atoms with Crippen LogP contribution in [-0.4, -0.2) is 5.91 Å². The lowest BCUT2D eigenvalue weighted by Crippen LogP contribution is -2.38. The van der Waals surface area contributed by atoms with Crippen molar-refractivity contribution in [2.45, 2.75) is 33.7 Å². The molecule has 108 valence electrons. The van der Waals surface area contributed by atoms with Gasteiger partial charge in [-0.1, -0.05) is 50.0 Å². The second kappa shape index (κ2) is 6.47. The molecule has 1 unspecified atom stereocenters. The number of amides is 1. The molecule has 3 nitrogen and oxygen atoms in total. The maximum Gasteiger partial charge on any atom is 0.238 e. The van der Waals surface area contributed by atoms with Gasteiger partial charge in [-0.05, 0) is 30.0 Å². The van der Waals surface area contributed by atoms with Crippen molar-refractivity contribution in [2.75, 3.05) is 0 Å². The summed E-state index contributed by atoms with van der Waals surface area (Å²) in [6.07, 6.45) is 0. The Morgan fingerprint density at radius 2 is 1.95 bits per heavy atom. The van der Waals surface area contributed by atoms with Crippen molar-refractivity contribution in [3.05, 3.63) is 33.8 Å². The van der Waals surface area contributed by atoms with Crippen LogP contribution in [0.15, 0.2) is 18.2 Å². The fraction of sp³-hybridized carbons (Fsp3) is 0.467. The molecule has 1 rings (SSSR count). The zero-order chi connectivity index (χ0) is 15.5. The highest BCUT2D eigenvalue weighted by atomic mass is 35.5. The van der Waals surface area contributed by atoms with Gasteiger partial charge in [0.25, 0.3) is 0 Å². The first-order valence-electron chi connectivity index (χ1n) is 6.31. The smallest absolute Gasteiger partial charge is 0.238 e. The zero-order valence-electron chi connectivity index (χ0n) is 12.0. The Hall–Kier alpha value is -1.24. The Morgan fingerprint density at radius 1 is 1.35 bits per heavy atom. The average Bonchev–Trinajstić information content (AvgIpc) is 2.27. The maximum atomic E-state index is 12.2. The molecule has 1 aromatic carbocycles. The molecule has 0 radical (unpaired) electrons. The van der Waals surface area contributed by atoms with Gasteiger partial charge in [0.05, 0.1) is 12.1 Å². The first-order valence-corrected chi connectivity index (χ1v) is 7.07. The molecule has 0 aliphatic carbocycles. The number of nitriles is 1. The Bertz CT molecular complexity index is 544. The van der Waals surface area contributed by atoms with Crippen molar-refractivity contribution in [1.29, 1.82) is 5.26 Å². The molecule has 1 N–H and O–H groups in total. The van der Waals surface area contributed by atoms with Crippen LogP contribution < -0.4 is 5.32 Å². The minimum Gasteiger partial charge on any atom is -0.348 e. The number of benzene rings is 1. The number of hydrogen-bond donors (Lipinski definition) is 1. The van der Waals surface area contributed by atoms with E-state index in [4.69, 9.17) is 28.5 Å². The van der Waals surface area contributed by atoms with Gasteiger partial charge in [0.15, 0.2) is 0 Å². The Labute approximate surface area is 129 Å². The monoisotopic (exact) mass is 312 g/mol. The molecule has 1 amide bonds. The predicted octanol–water partition coefficient (Wildman–Crippen LogP) is 4.36. The molecule has 0 aliphatic heterocycles. The molecule has 0 aromatic heterocycles. The Morgan fingerprint density at radius 3 is 2.40 bits per heavy atom. The average molecular weight is 313 g/mol. The van der Waals surface area contributed by atoms with E-state index in [2.05, 4.69) is 11.4 Å². The number of nitrogens with zero attached hydrogens (tertiary/aromatic N) is 1. The summed E-state index contributed by atoms with van der Waals surface area (Å²) in [6.45, 7) is 7.41. The summed E-state index contributed by atoms with van der Waals surface area (Å²) < 4.78 is 0. The topological polar surface area (TPSA) is 52.9 Å². The number of carbonyl (C=O) groups excluding carboxylic acids is 1. The summed E-state index contributed by atoms with van der Waals surface area (Å²) in [5.74, 6) is -1.01. The van der Waals surface area contributed by atoms with Crippen molar-refractivity contribution in [3.8, 4) is 6.07 Å². The zero-order valence-corrected chi connectivity index (χ0v) is 13.5. The molecular formula is C15H18Cl2N2O. The molecule has 1 aromatic rings. The summed E-state index contributed by atoms with van der Waals surface area (Å²) >= 11 is 12.0. The molecule has 2 atom stereocenters. The number of halogens is 2. The summed E-state index contributed by atoms with van der Waals surface area (Å²) in [5.41, 5.74) is 0.359. The number of carbonyl (C=O) groups is 1. The molecule has 5 heteroatoms. The van der Waals surface area contributed by atoms with E-state index in [1.54, 1.807) is 18.2 Å². The van der Waals surface area contributed by atoms with E-state index in [0.717, 1.165) is 5.56 Å². The van der Waals surface area contributed by atoms with Crippen molar-refractivity contribution in [1.82, 2.24) is 5.32 Å². The lowest BCUT2D eigenvalue weighted by atomic mass is 9.81. The van der Waals surface area contributed by atoms with Crippen molar-refractivity contribution in [3.63, 3.8) is 0 Å². The first kappa shape index (κ1) is 16.8. The second-order valence-electron chi connectivity index (χ2n) is 5.82. The SMILES string of the molecule is CC(NC(=O)[C@H](C#N)C(C)(C)C)c1ccc(Cl)cc1Cl. The van der Waals surface area contributed by atoms with Gasteiger partial charge in [0.1, 0.15) is 5.92 Å².